The summed E-state index contributed by atoms with van der Waals surface area (Å²) in [5, 5.41) is 13.7. The number of aliphatic imine (C=N–C) groups is 1. The number of benzene rings is 2. The number of methoxy groups -OCH3 is 2. The summed E-state index contributed by atoms with van der Waals surface area (Å²) >= 11 is 0. The van der Waals surface area contributed by atoms with Crippen LogP contribution < -0.4 is 25.8 Å². The van der Waals surface area contributed by atoms with Gasteiger partial charge in [-0.05, 0) is 60.9 Å². The van der Waals surface area contributed by atoms with E-state index in [0.717, 1.165) is 30.4 Å². The van der Waals surface area contributed by atoms with Crippen molar-refractivity contribution in [3.63, 3.8) is 0 Å². The fourth-order valence-electron chi connectivity index (χ4n) is 4.22. The maximum Gasteiger partial charge on any atom is 0.405 e. The van der Waals surface area contributed by atoms with E-state index in [-0.39, 0.29) is 30.4 Å². The van der Waals surface area contributed by atoms with Crippen LogP contribution in [0.3, 0.4) is 0 Å². The van der Waals surface area contributed by atoms with Crippen molar-refractivity contribution in [1.82, 2.24) is 10.6 Å². The van der Waals surface area contributed by atoms with Crippen LogP contribution in [-0.2, 0) is 17.6 Å². The summed E-state index contributed by atoms with van der Waals surface area (Å²) in [7, 11) is 3.13. The Labute approximate surface area is 213 Å². The first-order chi connectivity index (χ1) is 17.1. The Morgan fingerprint density at radius 1 is 1.11 bits per heavy atom. The number of amides is 2. The summed E-state index contributed by atoms with van der Waals surface area (Å²) in [4.78, 5) is 26.8. The van der Waals surface area contributed by atoms with Crippen molar-refractivity contribution < 1.29 is 24.2 Å². The minimum Gasteiger partial charge on any atom is -0.493 e. The fourth-order valence-corrected chi connectivity index (χ4v) is 4.22. The number of rotatable bonds is 8. The zero-order valence-electron chi connectivity index (χ0n) is 21.7. The van der Waals surface area contributed by atoms with Crippen molar-refractivity contribution in [2.24, 2.45) is 16.6 Å². The van der Waals surface area contributed by atoms with E-state index in [2.05, 4.69) is 35.5 Å². The minimum absolute atomic E-state index is 0.00583. The molecule has 1 aliphatic carbocycles. The monoisotopic (exact) mass is 498 g/mol. The number of guanidine groups is 1. The molecule has 0 fully saturated rings. The first kappa shape index (κ1) is 28.5. The number of carbonyl (C=O) groups excluding carboxylic acids is 1. The Bertz CT molecular complexity index is 1050. The van der Waals surface area contributed by atoms with Crippen LogP contribution in [0, 0.1) is 5.92 Å². The minimum atomic E-state index is -0.943. The van der Waals surface area contributed by atoms with E-state index < -0.39 is 6.09 Å². The summed E-state index contributed by atoms with van der Waals surface area (Å²) in [5.74, 6) is 1.69. The van der Waals surface area contributed by atoms with Gasteiger partial charge in [-0.3, -0.25) is 15.1 Å². The molecule has 0 unspecified atom stereocenters. The number of carbonyl (C=O) groups is 2. The van der Waals surface area contributed by atoms with Crippen LogP contribution in [0.2, 0.25) is 0 Å². The van der Waals surface area contributed by atoms with E-state index >= 15 is 0 Å². The highest BCUT2D eigenvalue weighted by Crippen LogP contribution is 2.30. The highest BCUT2D eigenvalue weighted by atomic mass is 16.5. The number of hydrogen-bond acceptors (Lipinski definition) is 5. The summed E-state index contributed by atoms with van der Waals surface area (Å²) in [5.41, 5.74) is 8.98. The molecule has 0 bridgehead atoms. The lowest BCUT2D eigenvalue weighted by Crippen LogP contribution is -2.38. The van der Waals surface area contributed by atoms with Crippen LogP contribution in [0.1, 0.15) is 56.3 Å². The number of nitrogens with two attached hydrogens (primary N) is 1. The predicted molar refractivity (Wildman–Crippen MR) is 141 cm³/mol. The molecule has 2 aromatic rings. The van der Waals surface area contributed by atoms with Crippen LogP contribution in [0.4, 0.5) is 4.79 Å². The average molecular weight is 499 g/mol. The summed E-state index contributed by atoms with van der Waals surface area (Å²) in [6, 6.07) is 13.4. The van der Waals surface area contributed by atoms with E-state index in [9.17, 15) is 9.59 Å². The lowest BCUT2D eigenvalue weighted by atomic mass is 10.1. The second-order valence-corrected chi connectivity index (χ2v) is 9.15. The van der Waals surface area contributed by atoms with Gasteiger partial charge in [0.05, 0.1) is 32.7 Å². The van der Waals surface area contributed by atoms with E-state index in [1.165, 1.54) is 5.56 Å². The molecule has 0 heterocycles. The molecule has 36 heavy (non-hydrogen) atoms. The van der Waals surface area contributed by atoms with Crippen molar-refractivity contribution in [2.75, 3.05) is 14.2 Å². The second kappa shape index (κ2) is 14.0. The van der Waals surface area contributed by atoms with Gasteiger partial charge in [0, 0.05) is 0 Å². The van der Waals surface area contributed by atoms with Crippen molar-refractivity contribution in [3.8, 4) is 11.5 Å². The molecule has 0 spiro atoms. The van der Waals surface area contributed by atoms with Gasteiger partial charge in [0.2, 0.25) is 5.91 Å². The molecule has 0 radical (unpaired) electrons. The van der Waals surface area contributed by atoms with Gasteiger partial charge in [0.15, 0.2) is 17.5 Å². The van der Waals surface area contributed by atoms with Crippen LogP contribution in [0.15, 0.2) is 47.5 Å². The molecule has 0 saturated carbocycles. The predicted octanol–water partition coefficient (Wildman–Crippen LogP) is 4.05. The number of carboxylic acid groups (broad SMARTS) is 1. The van der Waals surface area contributed by atoms with Gasteiger partial charge >= 0.3 is 6.09 Å². The molecular weight excluding hydrogens is 460 g/mol. The first-order valence-electron chi connectivity index (χ1n) is 12.0. The SMILES string of the molecule is COc1ccc(CC(=O)NC(N)=N[C@H](C)CC(C)C)cc1OC.O=C(O)N[C@@H]1CCc2ccccc21. The number of fused-ring (bicyclic) bond motifs is 1. The van der Waals surface area contributed by atoms with Gasteiger partial charge < -0.3 is 25.6 Å². The second-order valence-electron chi connectivity index (χ2n) is 9.15. The maximum atomic E-state index is 12.0. The Morgan fingerprint density at radius 2 is 1.81 bits per heavy atom. The van der Waals surface area contributed by atoms with Gasteiger partial charge in [-0.2, -0.15) is 0 Å². The topological polar surface area (TPSA) is 135 Å². The van der Waals surface area contributed by atoms with Gasteiger partial charge in [-0.1, -0.05) is 44.2 Å². The summed E-state index contributed by atoms with van der Waals surface area (Å²) in [6.45, 7) is 6.23. The van der Waals surface area contributed by atoms with Crippen LogP contribution >= 0.6 is 0 Å². The number of hydrogen-bond donors (Lipinski definition) is 4. The standard InChI is InChI=1S/C17H27N3O3.C10H11NO2/c1-11(2)8-12(3)19-17(18)20-16(21)10-13-6-7-14(22-4)15(9-13)23-5;12-10(13)11-9-6-5-7-3-1-2-4-8(7)9/h6-7,9,11-12H,8,10H2,1-5H3,(H3,18,19,20,21);1-4,9,11H,5-6H2,(H,12,13)/t12-;9-/m11/s1. The van der Waals surface area contributed by atoms with Gasteiger partial charge in [-0.25, -0.2) is 4.79 Å². The molecule has 2 amide bonds. The first-order valence-corrected chi connectivity index (χ1v) is 12.0. The molecule has 5 N–H and O–H groups in total. The molecule has 0 saturated heterocycles. The van der Waals surface area contributed by atoms with Crippen molar-refractivity contribution in [1.29, 1.82) is 0 Å². The number of nitrogens with zero attached hydrogens (tertiary/aromatic N) is 1. The number of nitrogens with one attached hydrogen (secondary N) is 2. The van der Waals surface area contributed by atoms with Crippen LogP contribution in [-0.4, -0.2) is 43.3 Å². The Hall–Kier alpha value is -3.75. The van der Waals surface area contributed by atoms with Crippen LogP contribution in [0.5, 0.6) is 11.5 Å². The lowest BCUT2D eigenvalue weighted by Gasteiger charge is -2.12. The fraction of sp³-hybridized carbons (Fsp3) is 0.444. The number of aryl methyl sites for hydroxylation is 1. The molecule has 2 atom stereocenters. The largest absolute Gasteiger partial charge is 0.493 e. The smallest absolute Gasteiger partial charge is 0.405 e. The normalized spacial score (nSPS) is 15.3. The Morgan fingerprint density at radius 3 is 2.44 bits per heavy atom. The molecule has 2 aromatic carbocycles. The zero-order valence-corrected chi connectivity index (χ0v) is 21.7. The summed E-state index contributed by atoms with van der Waals surface area (Å²) < 4.78 is 10.4. The Kier molecular flexibility index (Phi) is 11.1. The highest BCUT2D eigenvalue weighted by Gasteiger charge is 2.22. The van der Waals surface area contributed by atoms with Gasteiger partial charge in [0.25, 0.3) is 0 Å². The number of ether oxygens (including phenoxy) is 2. The van der Waals surface area contributed by atoms with Gasteiger partial charge in [0.1, 0.15) is 0 Å². The third-order valence-electron chi connectivity index (χ3n) is 5.68. The van der Waals surface area contributed by atoms with Gasteiger partial charge in [-0.15, -0.1) is 0 Å². The molecule has 9 heteroatoms. The molecule has 1 aliphatic rings. The molecule has 0 aromatic heterocycles. The van der Waals surface area contributed by atoms with Crippen LogP contribution in [0.25, 0.3) is 0 Å². The van der Waals surface area contributed by atoms with E-state index in [1.807, 2.05) is 31.2 Å². The lowest BCUT2D eigenvalue weighted by molar-refractivity contribution is -0.119. The maximum absolute atomic E-state index is 12.0. The van der Waals surface area contributed by atoms with E-state index in [1.54, 1.807) is 26.4 Å². The zero-order chi connectivity index (χ0) is 26.7. The molecule has 0 aliphatic heterocycles. The molecule has 9 nitrogen and oxygen atoms in total. The molecular formula is C27H38N4O5. The van der Waals surface area contributed by atoms with Crippen molar-refractivity contribution >= 4 is 18.0 Å². The van der Waals surface area contributed by atoms with E-state index in [4.69, 9.17) is 20.3 Å². The summed E-state index contributed by atoms with van der Waals surface area (Å²) in [6.07, 6.45) is 2.02. The third-order valence-corrected chi connectivity index (χ3v) is 5.68. The third kappa shape index (κ3) is 9.13. The average Bonchev–Trinajstić information content (AvgIpc) is 3.20. The highest BCUT2D eigenvalue weighted by molar-refractivity contribution is 5.97. The molecule has 3 rings (SSSR count). The van der Waals surface area contributed by atoms with E-state index in [0.29, 0.717) is 17.4 Å². The quantitative estimate of drug-likeness (QED) is 0.320. The molecule has 196 valence electrons. The van der Waals surface area contributed by atoms with Crippen molar-refractivity contribution in [3.05, 3.63) is 59.2 Å². The van der Waals surface area contributed by atoms with Crippen molar-refractivity contribution in [2.45, 2.75) is 58.5 Å². The Balaban J connectivity index is 0.000000293.